The van der Waals surface area contributed by atoms with Gasteiger partial charge in [-0.25, -0.2) is 4.48 Å². The Morgan fingerprint density at radius 3 is 2.48 bits per heavy atom. The molecule has 0 N–H and O–H groups in total. The highest BCUT2D eigenvalue weighted by Crippen LogP contribution is 2.37. The van der Waals surface area contributed by atoms with Gasteiger partial charge in [-0.3, -0.25) is 14.6 Å². The van der Waals surface area contributed by atoms with Crippen LogP contribution in [0.4, 0.5) is 16.2 Å². The lowest BCUT2D eigenvalue weighted by atomic mass is 9.98. The fourth-order valence-corrected chi connectivity index (χ4v) is 6.30. The van der Waals surface area contributed by atoms with Crippen molar-refractivity contribution in [2.24, 2.45) is 5.92 Å². The Morgan fingerprint density at radius 1 is 1.05 bits per heavy atom. The van der Waals surface area contributed by atoms with E-state index in [4.69, 9.17) is 32.7 Å². The molecule has 3 unspecified atom stereocenters. The lowest BCUT2D eigenvalue weighted by Crippen LogP contribution is -2.50. The summed E-state index contributed by atoms with van der Waals surface area (Å²) >= 11 is 12.6. The van der Waals surface area contributed by atoms with Crippen molar-refractivity contribution in [3.63, 3.8) is 0 Å². The van der Waals surface area contributed by atoms with E-state index >= 15 is 0 Å². The molecule has 2 saturated heterocycles. The first-order chi connectivity index (χ1) is 20.1. The summed E-state index contributed by atoms with van der Waals surface area (Å²) < 4.78 is 12.4. The van der Waals surface area contributed by atoms with Crippen molar-refractivity contribution in [2.75, 3.05) is 62.7 Å². The van der Waals surface area contributed by atoms with Crippen molar-refractivity contribution >= 4 is 46.6 Å². The van der Waals surface area contributed by atoms with Crippen LogP contribution in [0.25, 0.3) is 0 Å². The van der Waals surface area contributed by atoms with Crippen LogP contribution in [0.1, 0.15) is 45.6 Å². The van der Waals surface area contributed by atoms with Crippen molar-refractivity contribution in [1.29, 1.82) is 0 Å². The van der Waals surface area contributed by atoms with E-state index in [1.807, 2.05) is 64.2 Å². The van der Waals surface area contributed by atoms with E-state index in [0.717, 1.165) is 74.8 Å². The molecule has 0 aliphatic carbocycles. The zero-order chi connectivity index (χ0) is 30.0. The Morgan fingerprint density at radius 2 is 1.79 bits per heavy atom. The smallest absolute Gasteiger partial charge is 0.494 e. The van der Waals surface area contributed by atoms with Gasteiger partial charge < -0.3 is 14.4 Å². The van der Waals surface area contributed by atoms with Crippen molar-refractivity contribution in [3.05, 3.63) is 52.0 Å². The molecule has 3 atom stereocenters. The topological polar surface area (TPSA) is 62.3 Å². The van der Waals surface area contributed by atoms with Gasteiger partial charge in [-0.1, -0.05) is 49.2 Å². The summed E-state index contributed by atoms with van der Waals surface area (Å²) in [4.78, 5) is 32.6. The molecule has 8 nitrogen and oxygen atoms in total. The number of hydrogen-bond acceptors (Lipinski definition) is 6. The molecule has 3 aliphatic rings. The summed E-state index contributed by atoms with van der Waals surface area (Å²) in [6.45, 7) is 12.2. The van der Waals surface area contributed by atoms with Gasteiger partial charge in [0.15, 0.2) is 6.23 Å². The summed E-state index contributed by atoms with van der Waals surface area (Å²) in [7, 11) is 1.89. The van der Waals surface area contributed by atoms with Crippen LogP contribution in [-0.4, -0.2) is 86.6 Å². The maximum absolute atomic E-state index is 13.2. The second kappa shape index (κ2) is 13.0. The molecule has 2 fully saturated rings. The van der Waals surface area contributed by atoms with E-state index in [1.165, 1.54) is 0 Å². The van der Waals surface area contributed by atoms with Gasteiger partial charge in [0.25, 0.3) is 0 Å². The lowest BCUT2D eigenvalue weighted by Gasteiger charge is -2.37. The average Bonchev–Trinajstić information content (AvgIpc) is 3.60. The monoisotopic (exact) mass is 617 g/mol. The zero-order valence-corrected chi connectivity index (χ0v) is 26.7. The molecule has 0 saturated carbocycles. The number of piperazine rings is 1. The first-order valence-corrected chi connectivity index (χ1v) is 15.9. The molecule has 3 aliphatic heterocycles. The molecule has 10 heteroatoms. The van der Waals surface area contributed by atoms with Gasteiger partial charge >= 0.3 is 6.09 Å². The zero-order valence-electron chi connectivity index (χ0n) is 25.2. The Balaban J connectivity index is 1.12. The van der Waals surface area contributed by atoms with Gasteiger partial charge in [-0.2, -0.15) is 4.79 Å². The van der Waals surface area contributed by atoms with Crippen LogP contribution in [0.2, 0.25) is 10.0 Å². The molecule has 0 spiro atoms. The van der Waals surface area contributed by atoms with E-state index in [0.29, 0.717) is 29.5 Å². The van der Waals surface area contributed by atoms with Gasteiger partial charge in [-0.15, -0.1) is 0 Å². The highest BCUT2D eigenvalue weighted by molar-refractivity contribution is 6.43. The fourth-order valence-electron chi connectivity index (χ4n) is 5.89. The molecular formula is C32H43Cl2N4O4+. The quantitative estimate of drug-likeness (QED) is 0.179. The first kappa shape index (κ1) is 30.9. The van der Waals surface area contributed by atoms with Gasteiger partial charge in [0.05, 0.1) is 35.1 Å². The predicted octanol–water partition coefficient (Wildman–Crippen LogP) is 6.22. The Labute approximate surface area is 259 Å². The lowest BCUT2D eigenvalue weighted by molar-refractivity contribution is -0.713. The minimum Gasteiger partial charge on any atom is -0.494 e. The number of rotatable bonds is 10. The summed E-state index contributed by atoms with van der Waals surface area (Å²) in [5, 5.41) is 1.22. The maximum atomic E-state index is 13.2. The van der Waals surface area contributed by atoms with Crippen LogP contribution in [0.3, 0.4) is 0 Å². The molecular weight excluding hydrogens is 575 g/mol. The number of aryl methyl sites for hydroxylation is 1. The van der Waals surface area contributed by atoms with E-state index in [-0.39, 0.29) is 28.4 Å². The number of quaternary nitrogens is 1. The minimum absolute atomic E-state index is 0.0228. The van der Waals surface area contributed by atoms with Crippen LogP contribution in [0.5, 0.6) is 5.75 Å². The Hall–Kier alpha value is -2.52. The third-order valence-electron chi connectivity index (χ3n) is 8.92. The second-order valence-electron chi connectivity index (χ2n) is 12.3. The number of unbranched alkanes of at least 4 members (excludes halogenated alkanes) is 1. The molecule has 2 amide bonds. The molecule has 42 heavy (non-hydrogen) atoms. The molecule has 0 radical (unpaired) electrons. The van der Waals surface area contributed by atoms with Crippen molar-refractivity contribution in [2.45, 2.75) is 58.7 Å². The van der Waals surface area contributed by atoms with Crippen LogP contribution in [0, 0.1) is 5.92 Å². The molecule has 0 bridgehead atoms. The number of fused-ring (bicyclic) bond motifs is 1. The highest BCUT2D eigenvalue weighted by Gasteiger charge is 2.57. The summed E-state index contributed by atoms with van der Waals surface area (Å²) in [5.74, 6) is 0.651. The van der Waals surface area contributed by atoms with Crippen LogP contribution in [0.15, 0.2) is 36.4 Å². The van der Waals surface area contributed by atoms with Crippen molar-refractivity contribution in [3.8, 4) is 5.75 Å². The number of halogens is 2. The molecule has 5 rings (SSSR count). The second-order valence-corrected chi connectivity index (χ2v) is 13.1. The van der Waals surface area contributed by atoms with Crippen molar-refractivity contribution < 1.29 is 23.5 Å². The van der Waals surface area contributed by atoms with Gasteiger partial charge in [0.1, 0.15) is 18.3 Å². The number of carbonyl (C=O) groups is 2. The molecule has 3 heterocycles. The van der Waals surface area contributed by atoms with Crippen molar-refractivity contribution in [1.82, 2.24) is 4.90 Å². The Bertz CT molecular complexity index is 1300. The van der Waals surface area contributed by atoms with Gasteiger partial charge in [0.2, 0.25) is 5.91 Å². The van der Waals surface area contributed by atoms with Gasteiger partial charge in [-0.05, 0) is 56.5 Å². The summed E-state index contributed by atoms with van der Waals surface area (Å²) in [6, 6.07) is 12.0. The number of carbonyl (C=O) groups excluding carboxylic acids is 2. The number of hydrogen-bond donors (Lipinski definition) is 0. The van der Waals surface area contributed by atoms with E-state index < -0.39 is 6.23 Å². The summed E-state index contributed by atoms with van der Waals surface area (Å²) in [6.07, 6.45) is 2.11. The normalized spacial score (nSPS) is 23.1. The van der Waals surface area contributed by atoms with E-state index in [1.54, 1.807) is 4.90 Å². The van der Waals surface area contributed by atoms with Crippen LogP contribution >= 0.6 is 23.2 Å². The van der Waals surface area contributed by atoms with E-state index in [9.17, 15) is 9.59 Å². The third-order valence-corrected chi connectivity index (χ3v) is 9.73. The molecule has 228 valence electrons. The Kier molecular flexibility index (Phi) is 9.57. The maximum Gasteiger partial charge on any atom is 0.518 e. The number of anilines is 2. The van der Waals surface area contributed by atoms with Gasteiger partial charge in [0, 0.05) is 44.6 Å². The minimum atomic E-state index is -0.655. The number of ether oxygens (including phenoxy) is 2. The molecule has 2 aromatic rings. The number of amides is 2. The number of likely N-dealkylation sites (N-methyl/N-ethyl adjacent to an activating group) is 1. The fraction of sp³-hybridized carbons (Fsp3) is 0.562. The first-order valence-electron chi connectivity index (χ1n) is 15.1. The van der Waals surface area contributed by atoms with E-state index in [2.05, 4.69) is 9.80 Å². The third kappa shape index (κ3) is 6.67. The highest BCUT2D eigenvalue weighted by atomic mass is 35.5. The molecule has 0 aromatic heterocycles. The van der Waals surface area contributed by atoms with Crippen LogP contribution < -0.4 is 14.5 Å². The number of nitrogens with zero attached hydrogens (tertiary/aromatic N) is 4. The average molecular weight is 619 g/mol. The SMILES string of the molecule is CC(C)C(OC(=O)[N+]1(C)CC1C)N1C(=O)CCc2ccc(OCCCCN3CCN(c4cccc(Cl)c4Cl)CC3)cc21. The van der Waals surface area contributed by atoms with Crippen LogP contribution in [-0.2, 0) is 16.0 Å². The largest absolute Gasteiger partial charge is 0.518 e. The predicted molar refractivity (Wildman–Crippen MR) is 168 cm³/mol. The standard InChI is InChI=1S/C32H43Cl2N4O4/c1-22(2)31(42-32(40)38(4)21-23(38)3)37-28-20-25(12-10-24(28)11-13-29(37)39)41-19-6-5-14-35-15-17-36(18-16-35)27-9-7-8-26(33)30(27)34/h7-10,12,20,22-23,31H,5-6,11,13-19,21H2,1-4H3/q+1. The summed E-state index contributed by atoms with van der Waals surface area (Å²) in [5.41, 5.74) is 2.86. The molecule has 2 aromatic carbocycles. The number of benzene rings is 2.